The van der Waals surface area contributed by atoms with E-state index in [0.29, 0.717) is 23.2 Å². The highest BCUT2D eigenvalue weighted by atomic mass is 32.1. The highest BCUT2D eigenvalue weighted by Crippen LogP contribution is 2.37. The van der Waals surface area contributed by atoms with E-state index < -0.39 is 5.91 Å². The van der Waals surface area contributed by atoms with Crippen molar-refractivity contribution in [1.82, 2.24) is 4.90 Å². The fourth-order valence-electron chi connectivity index (χ4n) is 2.95. The lowest BCUT2D eigenvalue weighted by Gasteiger charge is -2.15. The fraction of sp³-hybridized carbons (Fsp3) is 0.600. The van der Waals surface area contributed by atoms with Crippen LogP contribution in [0, 0.1) is 0 Å². The Morgan fingerprint density at radius 3 is 2.71 bits per heavy atom. The molecule has 1 heterocycles. The van der Waals surface area contributed by atoms with Gasteiger partial charge in [0.25, 0.3) is 5.91 Å². The number of amides is 2. The number of carbonyl (C=O) groups is 2. The summed E-state index contributed by atoms with van der Waals surface area (Å²) >= 11 is 1.52. The number of hydrogen-bond donors (Lipinski definition) is 2. The van der Waals surface area contributed by atoms with Gasteiger partial charge in [-0.05, 0) is 51.1 Å². The molecule has 114 valence electrons. The molecule has 2 aliphatic carbocycles. The average Bonchev–Trinajstić information content (AvgIpc) is 3.20. The Bertz CT molecular complexity index is 578. The van der Waals surface area contributed by atoms with Crippen LogP contribution in [0.1, 0.15) is 46.5 Å². The van der Waals surface area contributed by atoms with Crippen LogP contribution in [0.15, 0.2) is 0 Å². The molecule has 0 radical (unpaired) electrons. The maximum absolute atomic E-state index is 12.1. The normalized spacial score (nSPS) is 17.6. The summed E-state index contributed by atoms with van der Waals surface area (Å²) in [7, 11) is 1.96. The Hall–Kier alpha value is -1.40. The largest absolute Gasteiger partial charge is 0.365 e. The van der Waals surface area contributed by atoms with Crippen molar-refractivity contribution in [2.45, 2.75) is 44.6 Å². The molecule has 2 amide bonds. The molecule has 3 N–H and O–H groups in total. The molecule has 1 fully saturated rings. The van der Waals surface area contributed by atoms with Crippen molar-refractivity contribution in [3.05, 3.63) is 16.0 Å². The molecule has 5 nitrogen and oxygen atoms in total. The van der Waals surface area contributed by atoms with Crippen molar-refractivity contribution < 1.29 is 9.59 Å². The molecule has 1 saturated carbocycles. The van der Waals surface area contributed by atoms with E-state index in [2.05, 4.69) is 10.2 Å². The van der Waals surface area contributed by atoms with Crippen LogP contribution in [0.2, 0.25) is 0 Å². The number of thiophene rings is 1. The quantitative estimate of drug-likeness (QED) is 0.870. The summed E-state index contributed by atoms with van der Waals surface area (Å²) in [4.78, 5) is 27.2. The van der Waals surface area contributed by atoms with E-state index in [1.54, 1.807) is 0 Å². The molecule has 1 aromatic rings. The maximum Gasteiger partial charge on any atom is 0.251 e. The smallest absolute Gasteiger partial charge is 0.251 e. The Balaban J connectivity index is 1.76. The van der Waals surface area contributed by atoms with Crippen LogP contribution >= 0.6 is 11.3 Å². The number of rotatable bonds is 5. The molecule has 6 heteroatoms. The number of likely N-dealkylation sites (N-methyl/N-ethyl adjacent to an activating group) is 1. The molecule has 0 aliphatic heterocycles. The van der Waals surface area contributed by atoms with Gasteiger partial charge in [-0.3, -0.25) is 14.5 Å². The second-order valence-electron chi connectivity index (χ2n) is 5.97. The predicted octanol–water partition coefficient (Wildman–Crippen LogP) is 1.76. The molecule has 0 atom stereocenters. The standard InChI is InChI=1S/C15H21N3O2S/c1-18(9-6-7-9)8-12(19)17-15-13(14(16)20)10-4-2-3-5-11(10)21-15/h9H,2-8H2,1H3,(H2,16,20)(H,17,19). The van der Waals surface area contributed by atoms with Gasteiger partial charge >= 0.3 is 0 Å². The van der Waals surface area contributed by atoms with Gasteiger partial charge in [-0.15, -0.1) is 11.3 Å². The number of fused-ring (bicyclic) bond motifs is 1. The number of aryl methyl sites for hydroxylation is 1. The van der Waals surface area contributed by atoms with Gasteiger partial charge in [-0.25, -0.2) is 0 Å². The van der Waals surface area contributed by atoms with Gasteiger partial charge in [0.2, 0.25) is 5.91 Å². The molecule has 0 saturated heterocycles. The number of nitrogens with zero attached hydrogens (tertiary/aromatic N) is 1. The maximum atomic E-state index is 12.1. The lowest BCUT2D eigenvalue weighted by molar-refractivity contribution is -0.117. The monoisotopic (exact) mass is 307 g/mol. The lowest BCUT2D eigenvalue weighted by atomic mass is 9.95. The van der Waals surface area contributed by atoms with Crippen LogP contribution < -0.4 is 11.1 Å². The van der Waals surface area contributed by atoms with E-state index in [1.165, 1.54) is 29.1 Å². The molecule has 2 aliphatic rings. The average molecular weight is 307 g/mol. The number of nitrogens with two attached hydrogens (primary N) is 1. The molecule has 0 spiro atoms. The minimum Gasteiger partial charge on any atom is -0.365 e. The third-order valence-electron chi connectivity index (χ3n) is 4.23. The van der Waals surface area contributed by atoms with Gasteiger partial charge in [0.1, 0.15) is 5.00 Å². The number of anilines is 1. The molecule has 0 aromatic carbocycles. The first-order chi connectivity index (χ1) is 10.1. The first-order valence-corrected chi connectivity index (χ1v) is 8.32. The minimum absolute atomic E-state index is 0.0644. The predicted molar refractivity (Wildman–Crippen MR) is 83.8 cm³/mol. The van der Waals surface area contributed by atoms with E-state index in [-0.39, 0.29) is 5.91 Å². The van der Waals surface area contributed by atoms with Crippen LogP contribution in [-0.2, 0) is 17.6 Å². The van der Waals surface area contributed by atoms with Crippen LogP contribution in [0.3, 0.4) is 0 Å². The van der Waals surface area contributed by atoms with E-state index in [9.17, 15) is 9.59 Å². The summed E-state index contributed by atoms with van der Waals surface area (Å²) in [6.07, 6.45) is 6.44. The van der Waals surface area contributed by atoms with Crippen LogP contribution in [0.5, 0.6) is 0 Å². The zero-order valence-corrected chi connectivity index (χ0v) is 13.1. The summed E-state index contributed by atoms with van der Waals surface area (Å²) in [6.45, 7) is 0.367. The number of carbonyl (C=O) groups excluding carboxylic acids is 2. The molecule has 1 aromatic heterocycles. The SMILES string of the molecule is CN(CC(=O)Nc1sc2c(c1C(N)=O)CCCC2)C1CC1. The summed E-state index contributed by atoms with van der Waals surface area (Å²) in [5.74, 6) is -0.495. The molecule has 0 unspecified atom stereocenters. The Morgan fingerprint density at radius 2 is 2.05 bits per heavy atom. The van der Waals surface area contributed by atoms with Crippen molar-refractivity contribution in [2.75, 3.05) is 18.9 Å². The highest BCUT2D eigenvalue weighted by Gasteiger charge is 2.28. The summed E-state index contributed by atoms with van der Waals surface area (Å²) in [5, 5.41) is 3.54. The highest BCUT2D eigenvalue weighted by molar-refractivity contribution is 7.17. The van der Waals surface area contributed by atoms with Gasteiger partial charge in [0.05, 0.1) is 12.1 Å². The molecule has 0 bridgehead atoms. The van der Waals surface area contributed by atoms with Crippen molar-refractivity contribution in [2.24, 2.45) is 5.73 Å². The first-order valence-electron chi connectivity index (χ1n) is 7.50. The van der Waals surface area contributed by atoms with Crippen molar-refractivity contribution >= 4 is 28.2 Å². The van der Waals surface area contributed by atoms with Gasteiger partial charge in [0.15, 0.2) is 0 Å². The molecular weight excluding hydrogens is 286 g/mol. The van der Waals surface area contributed by atoms with Gasteiger partial charge in [-0.1, -0.05) is 0 Å². The van der Waals surface area contributed by atoms with E-state index in [0.717, 1.165) is 31.2 Å². The van der Waals surface area contributed by atoms with Gasteiger partial charge in [-0.2, -0.15) is 0 Å². The lowest BCUT2D eigenvalue weighted by Crippen LogP contribution is -2.32. The third kappa shape index (κ3) is 3.11. The van der Waals surface area contributed by atoms with Crippen LogP contribution in [-0.4, -0.2) is 36.3 Å². The topological polar surface area (TPSA) is 75.4 Å². The van der Waals surface area contributed by atoms with Crippen molar-refractivity contribution in [3.8, 4) is 0 Å². The number of hydrogen-bond acceptors (Lipinski definition) is 4. The van der Waals surface area contributed by atoms with Crippen LogP contribution in [0.25, 0.3) is 0 Å². The second kappa shape index (κ2) is 5.77. The second-order valence-corrected chi connectivity index (χ2v) is 7.08. The summed E-state index contributed by atoms with van der Waals surface area (Å²) < 4.78 is 0. The minimum atomic E-state index is -0.430. The van der Waals surface area contributed by atoms with Crippen molar-refractivity contribution in [3.63, 3.8) is 0 Å². The summed E-state index contributed by atoms with van der Waals surface area (Å²) in [5.41, 5.74) is 7.12. The Kier molecular flexibility index (Phi) is 3.99. The zero-order valence-electron chi connectivity index (χ0n) is 12.3. The molecule has 21 heavy (non-hydrogen) atoms. The zero-order chi connectivity index (χ0) is 15.0. The van der Waals surface area contributed by atoms with Crippen molar-refractivity contribution in [1.29, 1.82) is 0 Å². The number of primary amides is 1. The van der Waals surface area contributed by atoms with Gasteiger partial charge in [0, 0.05) is 10.9 Å². The van der Waals surface area contributed by atoms with E-state index in [4.69, 9.17) is 5.73 Å². The third-order valence-corrected chi connectivity index (χ3v) is 5.44. The summed E-state index contributed by atoms with van der Waals surface area (Å²) in [6, 6.07) is 0.544. The molecular formula is C15H21N3O2S. The van der Waals surface area contributed by atoms with E-state index >= 15 is 0 Å². The molecule has 3 rings (SSSR count). The van der Waals surface area contributed by atoms with Crippen LogP contribution in [0.4, 0.5) is 5.00 Å². The van der Waals surface area contributed by atoms with Gasteiger partial charge < -0.3 is 11.1 Å². The number of nitrogens with one attached hydrogen (secondary N) is 1. The Morgan fingerprint density at radius 1 is 1.33 bits per heavy atom. The fourth-order valence-corrected chi connectivity index (χ4v) is 4.26. The Labute approximate surface area is 128 Å². The first kappa shape index (κ1) is 14.5. The van der Waals surface area contributed by atoms with E-state index in [1.807, 2.05) is 7.05 Å².